The van der Waals surface area contributed by atoms with Crippen LogP contribution >= 0.6 is 0 Å². The number of rotatable bonds is 5. The highest BCUT2D eigenvalue weighted by atomic mass is 19.4. The van der Waals surface area contributed by atoms with E-state index in [1.807, 2.05) is 4.57 Å². The summed E-state index contributed by atoms with van der Waals surface area (Å²) in [7, 11) is 1.61. The number of methoxy groups -OCH3 is 1. The monoisotopic (exact) mass is 304 g/mol. The Kier molecular flexibility index (Phi) is 5.32. The van der Waals surface area contributed by atoms with Crippen molar-refractivity contribution in [2.45, 2.75) is 44.8 Å². The van der Waals surface area contributed by atoms with Crippen molar-refractivity contribution in [2.24, 2.45) is 0 Å². The Morgan fingerprint density at radius 1 is 1.43 bits per heavy atom. The number of hydrogen-bond acceptors (Lipinski definition) is 2. The molecule has 120 valence electrons. The molecule has 21 heavy (non-hydrogen) atoms. The van der Waals surface area contributed by atoms with Crippen molar-refractivity contribution in [1.82, 2.24) is 9.88 Å². The molecule has 6 heteroatoms. The molecule has 1 N–H and O–H groups in total. The van der Waals surface area contributed by atoms with E-state index in [-0.39, 0.29) is 5.92 Å². The van der Waals surface area contributed by atoms with E-state index in [1.54, 1.807) is 14.0 Å². The first-order valence-corrected chi connectivity index (χ1v) is 7.42. The van der Waals surface area contributed by atoms with Crippen LogP contribution in [0.2, 0.25) is 0 Å². The molecule has 0 aromatic carbocycles. The van der Waals surface area contributed by atoms with Crippen LogP contribution in [-0.2, 0) is 17.5 Å². The fourth-order valence-corrected chi connectivity index (χ4v) is 3.06. The standard InChI is InChI=1S/C15H23F3N2O/c1-11-13(15(16,17)18)9-14(12-5-3-6-19-10-12)20(11)7-4-8-21-2/h9,12,19H,3-8,10H2,1-2H3. The van der Waals surface area contributed by atoms with E-state index in [1.165, 1.54) is 6.07 Å². The molecule has 0 amide bonds. The summed E-state index contributed by atoms with van der Waals surface area (Å²) >= 11 is 0. The van der Waals surface area contributed by atoms with Crippen LogP contribution in [0, 0.1) is 6.92 Å². The summed E-state index contributed by atoms with van der Waals surface area (Å²) in [6, 6.07) is 1.35. The normalized spacial score (nSPS) is 20.0. The number of aromatic nitrogens is 1. The molecule has 1 atom stereocenters. The molecule has 2 heterocycles. The van der Waals surface area contributed by atoms with Crippen LogP contribution in [0.25, 0.3) is 0 Å². The van der Waals surface area contributed by atoms with E-state index >= 15 is 0 Å². The molecule has 1 aliphatic heterocycles. The van der Waals surface area contributed by atoms with Gasteiger partial charge in [0, 0.05) is 44.1 Å². The number of hydrogen-bond donors (Lipinski definition) is 1. The van der Waals surface area contributed by atoms with Gasteiger partial charge >= 0.3 is 6.18 Å². The number of halogens is 3. The van der Waals surface area contributed by atoms with Crippen molar-refractivity contribution in [3.63, 3.8) is 0 Å². The lowest BCUT2D eigenvalue weighted by Crippen LogP contribution is -2.29. The van der Waals surface area contributed by atoms with Gasteiger partial charge in [0.05, 0.1) is 5.56 Å². The van der Waals surface area contributed by atoms with E-state index in [0.29, 0.717) is 18.8 Å². The van der Waals surface area contributed by atoms with E-state index < -0.39 is 11.7 Å². The summed E-state index contributed by atoms with van der Waals surface area (Å²) in [5, 5.41) is 3.28. The third-order valence-electron chi connectivity index (χ3n) is 4.15. The highest BCUT2D eigenvalue weighted by molar-refractivity contribution is 5.32. The Bertz CT molecular complexity index is 462. The number of piperidine rings is 1. The van der Waals surface area contributed by atoms with Crippen molar-refractivity contribution in [1.29, 1.82) is 0 Å². The van der Waals surface area contributed by atoms with Gasteiger partial charge in [-0.2, -0.15) is 13.2 Å². The van der Waals surface area contributed by atoms with Gasteiger partial charge in [0.15, 0.2) is 0 Å². The minimum atomic E-state index is -4.28. The van der Waals surface area contributed by atoms with Crippen LogP contribution in [0.3, 0.4) is 0 Å². The van der Waals surface area contributed by atoms with Crippen LogP contribution in [0.1, 0.15) is 42.1 Å². The maximum Gasteiger partial charge on any atom is 0.418 e. The summed E-state index contributed by atoms with van der Waals surface area (Å²) < 4.78 is 46.3. The second-order valence-electron chi connectivity index (χ2n) is 5.61. The molecule has 1 aromatic heterocycles. The molecule has 1 saturated heterocycles. The minimum absolute atomic E-state index is 0.163. The van der Waals surface area contributed by atoms with E-state index in [9.17, 15) is 13.2 Å². The van der Waals surface area contributed by atoms with Gasteiger partial charge in [0.2, 0.25) is 0 Å². The summed E-state index contributed by atoms with van der Waals surface area (Å²) in [4.78, 5) is 0. The van der Waals surface area contributed by atoms with Gasteiger partial charge < -0.3 is 14.6 Å². The van der Waals surface area contributed by atoms with E-state index in [4.69, 9.17) is 4.74 Å². The molecule has 1 unspecified atom stereocenters. The maximum absolute atomic E-state index is 13.1. The third kappa shape index (κ3) is 3.80. The molecule has 1 aromatic rings. The Morgan fingerprint density at radius 2 is 2.19 bits per heavy atom. The SMILES string of the molecule is COCCCn1c(C2CCCNC2)cc(C(F)(F)F)c1C. The number of ether oxygens (including phenoxy) is 1. The number of nitrogens with one attached hydrogen (secondary N) is 1. The molecule has 1 fully saturated rings. The van der Waals surface area contributed by atoms with Gasteiger partial charge in [0.1, 0.15) is 0 Å². The largest absolute Gasteiger partial charge is 0.418 e. The van der Waals surface area contributed by atoms with Crippen molar-refractivity contribution < 1.29 is 17.9 Å². The van der Waals surface area contributed by atoms with Crippen LogP contribution in [-0.4, -0.2) is 31.4 Å². The quantitative estimate of drug-likeness (QED) is 0.845. The minimum Gasteiger partial charge on any atom is -0.385 e. The van der Waals surface area contributed by atoms with Crippen molar-refractivity contribution in [2.75, 3.05) is 26.8 Å². The van der Waals surface area contributed by atoms with Gasteiger partial charge in [0.25, 0.3) is 0 Å². The summed E-state index contributed by atoms with van der Waals surface area (Å²) in [6.07, 6.45) is -1.61. The van der Waals surface area contributed by atoms with Gasteiger partial charge in [-0.05, 0) is 38.8 Å². The molecule has 2 rings (SSSR count). The molecule has 1 aliphatic rings. The number of alkyl halides is 3. The van der Waals surface area contributed by atoms with Crippen LogP contribution in [0.15, 0.2) is 6.07 Å². The first-order chi connectivity index (χ1) is 9.95. The topological polar surface area (TPSA) is 26.2 Å². The predicted molar refractivity (Wildman–Crippen MR) is 75.5 cm³/mol. The van der Waals surface area contributed by atoms with E-state index in [0.717, 1.165) is 38.0 Å². The van der Waals surface area contributed by atoms with Gasteiger partial charge in [-0.3, -0.25) is 0 Å². The van der Waals surface area contributed by atoms with Crippen LogP contribution < -0.4 is 5.32 Å². The third-order valence-corrected chi connectivity index (χ3v) is 4.15. The first-order valence-electron chi connectivity index (χ1n) is 7.42. The fraction of sp³-hybridized carbons (Fsp3) is 0.733. The molecule has 0 spiro atoms. The lowest BCUT2D eigenvalue weighted by molar-refractivity contribution is -0.138. The molecule has 0 bridgehead atoms. The molecule has 0 saturated carbocycles. The fourth-order valence-electron chi connectivity index (χ4n) is 3.06. The zero-order valence-electron chi connectivity index (χ0n) is 12.6. The first kappa shape index (κ1) is 16.4. The highest BCUT2D eigenvalue weighted by Gasteiger charge is 2.36. The average molecular weight is 304 g/mol. The Hall–Kier alpha value is -1.01. The Labute approximate surface area is 123 Å². The van der Waals surface area contributed by atoms with Gasteiger partial charge in [-0.15, -0.1) is 0 Å². The summed E-state index contributed by atoms with van der Waals surface area (Å²) in [6.45, 7) is 4.40. The zero-order chi connectivity index (χ0) is 15.5. The zero-order valence-corrected chi connectivity index (χ0v) is 12.6. The van der Waals surface area contributed by atoms with Crippen molar-refractivity contribution >= 4 is 0 Å². The van der Waals surface area contributed by atoms with Crippen LogP contribution in [0.5, 0.6) is 0 Å². The Morgan fingerprint density at radius 3 is 2.76 bits per heavy atom. The number of nitrogens with zero attached hydrogens (tertiary/aromatic N) is 1. The predicted octanol–water partition coefficient (Wildman–Crippen LogP) is 3.32. The van der Waals surface area contributed by atoms with E-state index in [2.05, 4.69) is 5.32 Å². The second kappa shape index (κ2) is 6.83. The maximum atomic E-state index is 13.1. The van der Waals surface area contributed by atoms with Crippen molar-refractivity contribution in [3.8, 4) is 0 Å². The molecule has 3 nitrogen and oxygen atoms in total. The molecular formula is C15H23F3N2O. The summed E-state index contributed by atoms with van der Waals surface area (Å²) in [5.74, 6) is 0.163. The van der Waals surface area contributed by atoms with Gasteiger partial charge in [-0.25, -0.2) is 0 Å². The second-order valence-corrected chi connectivity index (χ2v) is 5.61. The highest BCUT2D eigenvalue weighted by Crippen LogP contribution is 2.37. The van der Waals surface area contributed by atoms with Crippen LogP contribution in [0.4, 0.5) is 13.2 Å². The smallest absolute Gasteiger partial charge is 0.385 e. The molecule has 0 aliphatic carbocycles. The van der Waals surface area contributed by atoms with Crippen molar-refractivity contribution in [3.05, 3.63) is 23.0 Å². The molecule has 0 radical (unpaired) electrons. The summed E-state index contributed by atoms with van der Waals surface area (Å²) in [5.41, 5.74) is 0.628. The lowest BCUT2D eigenvalue weighted by Gasteiger charge is -2.25. The average Bonchev–Trinajstić information content (AvgIpc) is 2.78. The Balaban J connectivity index is 2.31. The molecular weight excluding hydrogens is 281 g/mol. The van der Waals surface area contributed by atoms with Gasteiger partial charge in [-0.1, -0.05) is 0 Å². The lowest BCUT2D eigenvalue weighted by atomic mass is 9.96.